The molecule has 3 heteroatoms. The molecule has 1 heterocycles. The highest BCUT2D eigenvalue weighted by Gasteiger charge is 2.06. The summed E-state index contributed by atoms with van der Waals surface area (Å²) < 4.78 is 2.00. The van der Waals surface area contributed by atoms with Crippen LogP contribution in [-0.2, 0) is 0 Å². The van der Waals surface area contributed by atoms with Gasteiger partial charge in [-0.3, -0.25) is 5.73 Å². The molecule has 0 radical (unpaired) electrons. The quantitative estimate of drug-likeness (QED) is 0.509. The molecular formula is C17H15IN2. The van der Waals surface area contributed by atoms with Crippen molar-refractivity contribution in [2.24, 2.45) is 0 Å². The molecule has 3 aromatic rings. The molecule has 0 spiro atoms. The lowest BCUT2D eigenvalue weighted by Gasteiger charge is -2.02. The first-order valence-corrected chi connectivity index (χ1v) is 6.26. The number of anilines is 1. The smallest absolute Gasteiger partial charge is 0.277 e. The Balaban J connectivity index is 0.00000147. The summed E-state index contributed by atoms with van der Waals surface area (Å²) in [5.74, 6) is 0.728. The van der Waals surface area contributed by atoms with Gasteiger partial charge in [0.15, 0.2) is 0 Å². The van der Waals surface area contributed by atoms with Crippen LogP contribution in [-0.4, -0.2) is 0 Å². The maximum absolute atomic E-state index is 6.06. The van der Waals surface area contributed by atoms with E-state index in [0.29, 0.717) is 0 Å². The van der Waals surface area contributed by atoms with Gasteiger partial charge in [0.25, 0.3) is 5.82 Å². The van der Waals surface area contributed by atoms with Gasteiger partial charge in [-0.2, -0.15) is 4.57 Å². The van der Waals surface area contributed by atoms with Crippen LogP contribution in [0.2, 0.25) is 0 Å². The second-order valence-electron chi connectivity index (χ2n) is 4.41. The molecule has 2 N–H and O–H groups in total. The van der Waals surface area contributed by atoms with Gasteiger partial charge in [0.1, 0.15) is 5.52 Å². The fourth-order valence-corrected chi connectivity index (χ4v) is 2.13. The predicted octanol–water partition coefficient (Wildman–Crippen LogP) is 0.341. The van der Waals surface area contributed by atoms with Crippen LogP contribution in [0.4, 0.5) is 5.82 Å². The van der Waals surface area contributed by atoms with Crippen molar-refractivity contribution in [1.29, 1.82) is 0 Å². The molecule has 20 heavy (non-hydrogen) atoms. The number of fused-ring (bicyclic) bond motifs is 1. The molecule has 0 aliphatic heterocycles. The molecule has 0 amide bonds. The number of benzene rings is 2. The molecule has 1 aromatic heterocycles. The van der Waals surface area contributed by atoms with Crippen molar-refractivity contribution in [2.45, 2.75) is 0 Å². The van der Waals surface area contributed by atoms with Gasteiger partial charge < -0.3 is 24.0 Å². The fraction of sp³-hybridized carbons (Fsp3) is 0. The number of halogens is 1. The zero-order valence-electron chi connectivity index (χ0n) is 10.9. The molecule has 100 valence electrons. The lowest BCUT2D eigenvalue weighted by molar-refractivity contribution is -0.521. The van der Waals surface area contributed by atoms with Crippen LogP contribution in [0.15, 0.2) is 66.7 Å². The second-order valence-corrected chi connectivity index (χ2v) is 4.41. The molecule has 0 aliphatic carbocycles. The van der Waals surface area contributed by atoms with Crippen LogP contribution >= 0.6 is 0 Å². The Bertz CT molecular complexity index is 736. The number of nitrogen functional groups attached to an aromatic ring is 1. The second kappa shape index (κ2) is 6.52. The molecule has 0 saturated carbocycles. The van der Waals surface area contributed by atoms with Gasteiger partial charge in [-0.1, -0.05) is 48.5 Å². The number of para-hydroxylation sites is 1. The summed E-state index contributed by atoms with van der Waals surface area (Å²) >= 11 is 0. The molecule has 0 fully saturated rings. The Morgan fingerprint density at radius 2 is 1.50 bits per heavy atom. The molecule has 3 rings (SSSR count). The largest absolute Gasteiger partial charge is 1.00 e. The van der Waals surface area contributed by atoms with E-state index < -0.39 is 0 Å². The molecular weight excluding hydrogens is 359 g/mol. The minimum absolute atomic E-state index is 0. The summed E-state index contributed by atoms with van der Waals surface area (Å²) in [6.45, 7) is 0. The van der Waals surface area contributed by atoms with Crippen LogP contribution < -0.4 is 34.3 Å². The number of hydrogen-bond acceptors (Lipinski definition) is 1. The van der Waals surface area contributed by atoms with Gasteiger partial charge in [-0.15, -0.1) is 0 Å². The highest BCUT2D eigenvalue weighted by molar-refractivity contribution is 5.77. The lowest BCUT2D eigenvalue weighted by atomic mass is 10.2. The van der Waals surface area contributed by atoms with E-state index in [4.69, 9.17) is 5.73 Å². The van der Waals surface area contributed by atoms with E-state index in [0.717, 1.165) is 16.9 Å². The molecule has 2 nitrogen and oxygen atoms in total. The average molecular weight is 374 g/mol. The van der Waals surface area contributed by atoms with Crippen LogP contribution in [0, 0.1) is 0 Å². The average Bonchev–Trinajstić information content (AvgIpc) is 2.47. The molecule has 2 aromatic carbocycles. The third-order valence-corrected chi connectivity index (χ3v) is 3.12. The van der Waals surface area contributed by atoms with Crippen molar-refractivity contribution >= 4 is 29.0 Å². The summed E-state index contributed by atoms with van der Waals surface area (Å²) in [4.78, 5) is 0. The predicted molar refractivity (Wildman–Crippen MR) is 80.2 cm³/mol. The van der Waals surface area contributed by atoms with Crippen LogP contribution in [0.25, 0.3) is 23.2 Å². The molecule has 0 bridgehead atoms. The zero-order chi connectivity index (χ0) is 13.1. The number of nitrogens with zero attached hydrogens (tertiary/aromatic N) is 1. The van der Waals surface area contributed by atoms with E-state index in [2.05, 4.69) is 30.3 Å². The highest BCUT2D eigenvalue weighted by atomic mass is 127. The minimum Gasteiger partial charge on any atom is -1.00 e. The molecule has 0 atom stereocenters. The maximum Gasteiger partial charge on any atom is 0.277 e. The Hall–Kier alpha value is -1.88. The zero-order valence-corrected chi connectivity index (χ0v) is 13.1. The van der Waals surface area contributed by atoms with E-state index in [1.54, 1.807) is 0 Å². The topological polar surface area (TPSA) is 29.9 Å². The highest BCUT2D eigenvalue weighted by Crippen LogP contribution is 2.12. The summed E-state index contributed by atoms with van der Waals surface area (Å²) in [7, 11) is 0. The number of rotatable bonds is 2. The molecule has 0 aliphatic rings. The van der Waals surface area contributed by atoms with Gasteiger partial charge in [-0.05, 0) is 23.8 Å². The van der Waals surface area contributed by atoms with Gasteiger partial charge in [0.2, 0.25) is 0 Å². The Kier molecular flexibility index (Phi) is 4.74. The van der Waals surface area contributed by atoms with Gasteiger partial charge in [-0.25, -0.2) is 0 Å². The van der Waals surface area contributed by atoms with E-state index >= 15 is 0 Å². The summed E-state index contributed by atoms with van der Waals surface area (Å²) in [6, 6.07) is 22.4. The summed E-state index contributed by atoms with van der Waals surface area (Å²) in [5.41, 5.74) is 8.32. The molecule has 0 unspecified atom stereocenters. The van der Waals surface area contributed by atoms with Crippen molar-refractivity contribution in [2.75, 3.05) is 5.73 Å². The van der Waals surface area contributed by atoms with Gasteiger partial charge in [0, 0.05) is 11.5 Å². The first-order chi connectivity index (χ1) is 9.34. The molecule has 0 saturated heterocycles. The standard InChI is InChI=1S/C17H14N2.HI/c18-17-11-10-15-8-4-5-9-16(15)19(17)13-12-14-6-2-1-3-7-14;/h1-13,18H;1H. The van der Waals surface area contributed by atoms with E-state index in [-0.39, 0.29) is 24.0 Å². The minimum atomic E-state index is 0. The fourth-order valence-electron chi connectivity index (χ4n) is 2.13. The third-order valence-electron chi connectivity index (χ3n) is 3.12. The van der Waals surface area contributed by atoms with Crippen molar-refractivity contribution in [3.8, 4) is 0 Å². The SMILES string of the molecule is Nc1ccc2ccccc2[n+]1C=Cc1ccccc1.[I-]. The van der Waals surface area contributed by atoms with Crippen molar-refractivity contribution in [3.63, 3.8) is 0 Å². The number of nitrogens with two attached hydrogens (primary N) is 1. The van der Waals surface area contributed by atoms with E-state index in [1.165, 1.54) is 5.39 Å². The maximum atomic E-state index is 6.06. The van der Waals surface area contributed by atoms with Crippen molar-refractivity contribution in [1.82, 2.24) is 0 Å². The van der Waals surface area contributed by atoms with E-state index in [1.807, 2.05) is 53.2 Å². The van der Waals surface area contributed by atoms with Gasteiger partial charge >= 0.3 is 0 Å². The van der Waals surface area contributed by atoms with Crippen molar-refractivity contribution < 1.29 is 28.5 Å². The first kappa shape index (κ1) is 14.5. The number of aromatic nitrogens is 1. The number of pyridine rings is 1. The summed E-state index contributed by atoms with van der Waals surface area (Å²) in [6.07, 6.45) is 4.07. The van der Waals surface area contributed by atoms with Crippen molar-refractivity contribution in [3.05, 3.63) is 72.3 Å². The third kappa shape index (κ3) is 2.99. The van der Waals surface area contributed by atoms with Crippen LogP contribution in [0.3, 0.4) is 0 Å². The van der Waals surface area contributed by atoms with Crippen LogP contribution in [0.5, 0.6) is 0 Å². The van der Waals surface area contributed by atoms with Gasteiger partial charge in [0.05, 0.1) is 6.20 Å². The lowest BCUT2D eigenvalue weighted by Crippen LogP contribution is -3.00. The normalized spacial score (nSPS) is 10.6. The summed E-state index contributed by atoms with van der Waals surface area (Å²) in [5, 5.41) is 1.18. The van der Waals surface area contributed by atoms with Crippen LogP contribution in [0.1, 0.15) is 5.56 Å². The number of hydrogen-bond donors (Lipinski definition) is 1. The van der Waals surface area contributed by atoms with E-state index in [9.17, 15) is 0 Å². The Morgan fingerprint density at radius 1 is 0.800 bits per heavy atom. The Morgan fingerprint density at radius 3 is 2.30 bits per heavy atom. The Labute approximate surface area is 135 Å². The monoisotopic (exact) mass is 374 g/mol. The first-order valence-electron chi connectivity index (χ1n) is 6.26.